The maximum Gasteiger partial charge on any atom is 0.178 e. The molecule has 4 nitrogen and oxygen atoms in total. The van der Waals surface area contributed by atoms with Gasteiger partial charge in [-0.15, -0.1) is 5.10 Å². The van der Waals surface area contributed by atoms with Crippen molar-refractivity contribution < 1.29 is 4.74 Å². The van der Waals surface area contributed by atoms with Gasteiger partial charge in [0.05, 0.1) is 12.1 Å². The van der Waals surface area contributed by atoms with Crippen LogP contribution in [-0.2, 0) is 11.3 Å². The minimum Gasteiger partial charge on any atom is -0.347 e. The topological polar surface area (TPSA) is 39.9 Å². The molecule has 1 heterocycles. The van der Waals surface area contributed by atoms with Crippen LogP contribution in [0.5, 0.6) is 0 Å². The second-order valence-electron chi connectivity index (χ2n) is 5.72. The lowest BCUT2D eigenvalue weighted by atomic mass is 10.2. The molecule has 4 rings (SSSR count). The summed E-state index contributed by atoms with van der Waals surface area (Å²) in [5.74, 6) is 0. The highest BCUT2D eigenvalue weighted by atomic mass is 35.5. The van der Waals surface area contributed by atoms with Crippen molar-refractivity contribution in [2.45, 2.75) is 12.8 Å². The molecular formula is C20H16ClN3O. The molecular weight excluding hydrogens is 334 g/mol. The smallest absolute Gasteiger partial charge is 0.178 e. The number of hydrogen-bond donors (Lipinski definition) is 0. The molecule has 0 N–H and O–H groups in total. The van der Waals surface area contributed by atoms with E-state index in [9.17, 15) is 0 Å². The van der Waals surface area contributed by atoms with Crippen LogP contribution in [0.3, 0.4) is 0 Å². The number of hydrogen-bond acceptors (Lipinski definition) is 3. The van der Waals surface area contributed by atoms with Gasteiger partial charge in [-0.2, -0.15) is 0 Å². The predicted octanol–water partition coefficient (Wildman–Crippen LogP) is 4.85. The van der Waals surface area contributed by atoms with Gasteiger partial charge in [-0.25, -0.2) is 4.68 Å². The lowest BCUT2D eigenvalue weighted by molar-refractivity contribution is 0.0132. The lowest BCUT2D eigenvalue weighted by Crippen LogP contribution is -2.16. The van der Waals surface area contributed by atoms with Crippen molar-refractivity contribution in [1.82, 2.24) is 15.0 Å². The summed E-state index contributed by atoms with van der Waals surface area (Å²) in [4.78, 5) is 0. The van der Waals surface area contributed by atoms with Gasteiger partial charge < -0.3 is 4.74 Å². The van der Waals surface area contributed by atoms with E-state index in [0.717, 1.165) is 22.2 Å². The van der Waals surface area contributed by atoms with E-state index in [-0.39, 0.29) is 6.23 Å². The van der Waals surface area contributed by atoms with Crippen LogP contribution in [0.4, 0.5) is 0 Å². The summed E-state index contributed by atoms with van der Waals surface area (Å²) < 4.78 is 8.03. The van der Waals surface area contributed by atoms with E-state index in [0.29, 0.717) is 11.6 Å². The van der Waals surface area contributed by atoms with Crippen molar-refractivity contribution in [2.75, 3.05) is 0 Å². The molecule has 0 amide bonds. The Bertz CT molecular complexity index is 967. The SMILES string of the molecule is Clc1ccc(C(OCc2ccccc2)n2nnc3ccccc32)cc1. The lowest BCUT2D eigenvalue weighted by Gasteiger charge is -2.19. The number of aromatic nitrogens is 3. The van der Waals surface area contributed by atoms with Crippen molar-refractivity contribution in [1.29, 1.82) is 0 Å². The molecule has 1 aromatic heterocycles. The van der Waals surface area contributed by atoms with E-state index < -0.39 is 0 Å². The van der Waals surface area contributed by atoms with Gasteiger partial charge in [0.15, 0.2) is 6.23 Å². The van der Waals surface area contributed by atoms with Crippen LogP contribution in [0.2, 0.25) is 5.02 Å². The summed E-state index contributed by atoms with van der Waals surface area (Å²) in [5, 5.41) is 9.25. The average Bonchev–Trinajstić information content (AvgIpc) is 3.08. The second kappa shape index (κ2) is 7.05. The molecule has 124 valence electrons. The summed E-state index contributed by atoms with van der Waals surface area (Å²) in [6.07, 6.45) is -0.384. The fraction of sp³-hybridized carbons (Fsp3) is 0.100. The first kappa shape index (κ1) is 15.8. The van der Waals surface area contributed by atoms with Crippen molar-refractivity contribution in [2.24, 2.45) is 0 Å². The van der Waals surface area contributed by atoms with Gasteiger partial charge in [0, 0.05) is 10.6 Å². The van der Waals surface area contributed by atoms with E-state index in [1.54, 1.807) is 0 Å². The molecule has 0 aliphatic heterocycles. The van der Waals surface area contributed by atoms with Crippen LogP contribution in [-0.4, -0.2) is 15.0 Å². The zero-order chi connectivity index (χ0) is 17.1. The summed E-state index contributed by atoms with van der Waals surface area (Å²) >= 11 is 6.03. The predicted molar refractivity (Wildman–Crippen MR) is 98.4 cm³/mol. The first-order valence-corrected chi connectivity index (χ1v) is 8.40. The van der Waals surface area contributed by atoms with Crippen LogP contribution in [0.25, 0.3) is 11.0 Å². The quantitative estimate of drug-likeness (QED) is 0.517. The van der Waals surface area contributed by atoms with Gasteiger partial charge in [-0.1, -0.05) is 71.4 Å². The van der Waals surface area contributed by atoms with Gasteiger partial charge >= 0.3 is 0 Å². The van der Waals surface area contributed by atoms with E-state index >= 15 is 0 Å². The largest absolute Gasteiger partial charge is 0.347 e. The third kappa shape index (κ3) is 3.40. The highest BCUT2D eigenvalue weighted by Crippen LogP contribution is 2.25. The van der Waals surface area contributed by atoms with Crippen LogP contribution in [0, 0.1) is 0 Å². The van der Waals surface area contributed by atoms with E-state index in [4.69, 9.17) is 16.3 Å². The van der Waals surface area contributed by atoms with Crippen molar-refractivity contribution in [3.05, 3.63) is 95.0 Å². The highest BCUT2D eigenvalue weighted by Gasteiger charge is 2.18. The normalized spacial score (nSPS) is 12.4. The Hall–Kier alpha value is -2.69. The Balaban J connectivity index is 1.71. The zero-order valence-corrected chi connectivity index (χ0v) is 14.2. The number of para-hydroxylation sites is 1. The van der Waals surface area contributed by atoms with Crippen molar-refractivity contribution in [3.8, 4) is 0 Å². The summed E-state index contributed by atoms with van der Waals surface area (Å²) in [6.45, 7) is 0.475. The van der Waals surface area contributed by atoms with Gasteiger partial charge in [0.25, 0.3) is 0 Å². The Labute approximate surface area is 150 Å². The number of ether oxygens (including phenoxy) is 1. The number of rotatable bonds is 5. The molecule has 4 aromatic rings. The summed E-state index contributed by atoms with van der Waals surface area (Å²) in [7, 11) is 0. The third-order valence-corrected chi connectivity index (χ3v) is 4.26. The Morgan fingerprint density at radius 1 is 0.880 bits per heavy atom. The van der Waals surface area contributed by atoms with E-state index in [2.05, 4.69) is 10.3 Å². The maximum absolute atomic E-state index is 6.22. The third-order valence-electron chi connectivity index (χ3n) is 4.01. The number of halogens is 1. The molecule has 5 heteroatoms. The first-order chi connectivity index (χ1) is 12.3. The molecule has 1 atom stereocenters. The molecule has 25 heavy (non-hydrogen) atoms. The molecule has 0 fully saturated rings. The minimum atomic E-state index is -0.384. The zero-order valence-electron chi connectivity index (χ0n) is 13.4. The average molecular weight is 350 g/mol. The Kier molecular flexibility index (Phi) is 4.46. The van der Waals surface area contributed by atoms with Gasteiger partial charge in [0.2, 0.25) is 0 Å². The van der Waals surface area contributed by atoms with E-state index in [1.807, 2.05) is 83.5 Å². The number of nitrogens with zero attached hydrogens (tertiary/aromatic N) is 3. The number of benzene rings is 3. The monoisotopic (exact) mass is 349 g/mol. The first-order valence-electron chi connectivity index (χ1n) is 8.02. The molecule has 1 unspecified atom stereocenters. The van der Waals surface area contributed by atoms with Gasteiger partial charge in [-0.05, 0) is 29.8 Å². The van der Waals surface area contributed by atoms with Crippen LogP contribution >= 0.6 is 11.6 Å². The van der Waals surface area contributed by atoms with E-state index in [1.165, 1.54) is 0 Å². The maximum atomic E-state index is 6.22. The van der Waals surface area contributed by atoms with Crippen molar-refractivity contribution >= 4 is 22.6 Å². The van der Waals surface area contributed by atoms with Crippen molar-refractivity contribution in [3.63, 3.8) is 0 Å². The second-order valence-corrected chi connectivity index (χ2v) is 6.16. The van der Waals surface area contributed by atoms with Crippen LogP contribution in [0.15, 0.2) is 78.9 Å². The molecule has 0 aliphatic rings. The standard InChI is InChI=1S/C20H16ClN3O/c21-17-12-10-16(11-13-17)20(25-14-15-6-2-1-3-7-15)24-19-9-5-4-8-18(19)22-23-24/h1-13,20H,14H2. The molecule has 0 aliphatic carbocycles. The summed E-state index contributed by atoms with van der Waals surface area (Å²) in [5.41, 5.74) is 3.84. The molecule has 0 radical (unpaired) electrons. The highest BCUT2D eigenvalue weighted by molar-refractivity contribution is 6.30. The Morgan fingerprint density at radius 2 is 1.60 bits per heavy atom. The molecule has 3 aromatic carbocycles. The molecule has 0 saturated heterocycles. The van der Waals surface area contributed by atoms with Gasteiger partial charge in [0.1, 0.15) is 5.52 Å². The fourth-order valence-electron chi connectivity index (χ4n) is 2.75. The number of fused-ring (bicyclic) bond motifs is 1. The molecule has 0 spiro atoms. The minimum absolute atomic E-state index is 0.384. The fourth-order valence-corrected chi connectivity index (χ4v) is 2.87. The molecule has 0 saturated carbocycles. The Morgan fingerprint density at radius 3 is 2.40 bits per heavy atom. The van der Waals surface area contributed by atoms with Crippen LogP contribution < -0.4 is 0 Å². The summed E-state index contributed by atoms with van der Waals surface area (Å²) in [6, 6.07) is 25.5. The molecule has 0 bridgehead atoms. The van der Waals surface area contributed by atoms with Gasteiger partial charge in [-0.3, -0.25) is 0 Å². The van der Waals surface area contributed by atoms with Crippen LogP contribution in [0.1, 0.15) is 17.4 Å².